The number of hydrogen-bond donors (Lipinski definition) is 0. The molecule has 0 saturated heterocycles. The third kappa shape index (κ3) is 7.48. The smallest absolute Gasteiger partial charge is 0.259 e. The quantitative estimate of drug-likeness (QED) is 0.156. The van der Waals surface area contributed by atoms with Gasteiger partial charge < -0.3 is 4.90 Å². The summed E-state index contributed by atoms with van der Waals surface area (Å²) in [5.41, 5.74) is 25.1. The van der Waals surface area contributed by atoms with Crippen molar-refractivity contribution in [3.63, 3.8) is 0 Å². The first kappa shape index (κ1) is 45.3. The number of benzene rings is 5. The molecule has 2 aliphatic heterocycles. The molecule has 0 radical (unpaired) electrons. The Bertz CT molecular complexity index is 3130. The van der Waals surface area contributed by atoms with Crippen molar-refractivity contribution in [3.05, 3.63) is 177 Å². The summed E-state index contributed by atoms with van der Waals surface area (Å²) in [7, 11) is 0. The molecule has 6 aromatic rings. The minimum atomic E-state index is 0.0673. The Labute approximate surface area is 413 Å². The lowest BCUT2D eigenvalue weighted by Crippen LogP contribution is -2.51. The molecule has 3 heteroatoms. The van der Waals surface area contributed by atoms with E-state index in [-0.39, 0.29) is 28.4 Å². The SMILES string of the molecule is Cc1cc2c3c(c1)N(c1ccc(C(C)(C)C)cc1)c1c(sc4cc5c(cc14)C(C)(C)CCC5(C)C)B3C1=C(CCC(C(C)(C)C)=C1)[C@H](Cc1c(C3=CCCC=C3)cccc1-c1ccccc1)C2C. The van der Waals surface area contributed by atoms with Crippen LogP contribution in [-0.4, -0.2) is 6.71 Å². The molecular formula is C65H72BNS. The van der Waals surface area contributed by atoms with Crippen molar-refractivity contribution in [1.29, 1.82) is 0 Å². The van der Waals surface area contributed by atoms with Crippen LogP contribution in [0.25, 0.3) is 26.8 Å². The maximum Gasteiger partial charge on any atom is 0.259 e. The molecule has 0 N–H and O–H groups in total. The Hall–Kier alpha value is -5.12. The van der Waals surface area contributed by atoms with Crippen LogP contribution >= 0.6 is 11.3 Å². The van der Waals surface area contributed by atoms with Gasteiger partial charge in [-0.15, -0.1) is 11.3 Å². The molecule has 2 atom stereocenters. The van der Waals surface area contributed by atoms with E-state index in [2.05, 4.69) is 221 Å². The van der Waals surface area contributed by atoms with E-state index in [0.717, 1.165) is 32.1 Å². The lowest BCUT2D eigenvalue weighted by atomic mass is 9.35. The summed E-state index contributed by atoms with van der Waals surface area (Å²) in [6, 6.07) is 38.5. The highest BCUT2D eigenvalue weighted by Crippen LogP contribution is 2.54. The molecule has 0 amide bonds. The van der Waals surface area contributed by atoms with Gasteiger partial charge >= 0.3 is 0 Å². The lowest BCUT2D eigenvalue weighted by molar-refractivity contribution is 0.332. The Morgan fingerprint density at radius 3 is 2.13 bits per heavy atom. The van der Waals surface area contributed by atoms with Gasteiger partial charge in [-0.25, -0.2) is 0 Å². The second-order valence-electron chi connectivity index (χ2n) is 24.7. The molecule has 5 aliphatic rings. The topological polar surface area (TPSA) is 3.24 Å². The standard InChI is InChI=1S/C65H72BNS/c1-40-34-51-41(2)50(37-52-47(42-20-15-13-16-21-42)24-19-25-48(52)43-22-17-14-18-23-43)49-31-28-45(63(6,7)8)36-56(49)66-59(51)57(35-40)67(46-29-26-44(27-30-46)62(3,4)5)60-53-38-54-55(39-58(53)68-61(60)66)65(11,12)33-32-64(54,9)10/h13,15-17,19-27,29-30,34-36,38-39,41,50H,14,18,28,31-33,37H2,1-12H3/t41?,50-/m1/s1. The molecule has 3 aliphatic carbocycles. The summed E-state index contributed by atoms with van der Waals surface area (Å²) in [4.78, 5) is 2.73. The van der Waals surface area contributed by atoms with Crippen LogP contribution in [0.5, 0.6) is 0 Å². The molecule has 1 unspecified atom stereocenters. The van der Waals surface area contributed by atoms with Gasteiger partial charge in [-0.05, 0) is 177 Å². The summed E-state index contributed by atoms with van der Waals surface area (Å²) in [5.74, 6) is 0.619. The van der Waals surface area contributed by atoms with Crippen molar-refractivity contribution in [1.82, 2.24) is 0 Å². The van der Waals surface area contributed by atoms with Crippen LogP contribution in [0, 0.1) is 18.3 Å². The fraction of sp³-hybridized carbons (Fsp3) is 0.385. The zero-order valence-electron chi connectivity index (χ0n) is 43.1. The van der Waals surface area contributed by atoms with E-state index in [1.807, 2.05) is 0 Å². The second kappa shape index (κ2) is 16.2. The maximum absolute atomic E-state index is 2.75. The minimum absolute atomic E-state index is 0.0673. The van der Waals surface area contributed by atoms with Gasteiger partial charge in [0.2, 0.25) is 0 Å². The van der Waals surface area contributed by atoms with E-state index in [1.165, 1.54) is 94.7 Å². The monoisotopic (exact) mass is 910 g/mol. The number of fused-ring (bicyclic) bond motifs is 6. The average molecular weight is 910 g/mol. The summed E-state index contributed by atoms with van der Waals surface area (Å²) in [6.07, 6.45) is 17.9. The maximum atomic E-state index is 2.75. The van der Waals surface area contributed by atoms with E-state index in [1.54, 1.807) is 27.7 Å². The molecule has 1 aromatic heterocycles. The van der Waals surface area contributed by atoms with Crippen LogP contribution in [0.4, 0.5) is 17.1 Å². The van der Waals surface area contributed by atoms with Gasteiger partial charge in [0.25, 0.3) is 6.71 Å². The highest BCUT2D eigenvalue weighted by Gasteiger charge is 2.48. The zero-order chi connectivity index (χ0) is 47.7. The van der Waals surface area contributed by atoms with Crippen molar-refractivity contribution in [2.24, 2.45) is 11.3 Å². The number of thiophene rings is 1. The Balaban J connectivity index is 1.22. The minimum Gasteiger partial charge on any atom is -0.310 e. The fourth-order valence-electron chi connectivity index (χ4n) is 13.0. The van der Waals surface area contributed by atoms with Gasteiger partial charge in [-0.1, -0.05) is 184 Å². The number of allylic oxidation sites excluding steroid dienone is 8. The summed E-state index contributed by atoms with van der Waals surface area (Å²) in [5, 5.41) is 1.42. The molecule has 68 heavy (non-hydrogen) atoms. The summed E-state index contributed by atoms with van der Waals surface area (Å²) < 4.78 is 2.95. The summed E-state index contributed by atoms with van der Waals surface area (Å²) >= 11 is 2.10. The Kier molecular flexibility index (Phi) is 10.8. The molecule has 11 rings (SSSR count). The number of nitrogens with zero attached hydrogens (tertiary/aromatic N) is 1. The molecule has 0 fully saturated rings. The van der Waals surface area contributed by atoms with E-state index in [0.29, 0.717) is 11.8 Å². The van der Waals surface area contributed by atoms with Crippen molar-refractivity contribution in [2.75, 3.05) is 4.90 Å². The van der Waals surface area contributed by atoms with Gasteiger partial charge in [0.1, 0.15) is 0 Å². The van der Waals surface area contributed by atoms with Crippen molar-refractivity contribution in [3.8, 4) is 11.1 Å². The molecule has 0 bridgehead atoms. The normalized spacial score (nSPS) is 20.6. The molecule has 3 heterocycles. The first-order valence-electron chi connectivity index (χ1n) is 25.9. The highest BCUT2D eigenvalue weighted by molar-refractivity contribution is 7.32. The zero-order valence-corrected chi connectivity index (χ0v) is 43.9. The van der Waals surface area contributed by atoms with E-state index >= 15 is 0 Å². The lowest BCUT2D eigenvalue weighted by Gasteiger charge is -2.42. The Morgan fingerprint density at radius 1 is 0.750 bits per heavy atom. The molecule has 5 aromatic carbocycles. The van der Waals surface area contributed by atoms with E-state index < -0.39 is 0 Å². The number of anilines is 3. The van der Waals surface area contributed by atoms with E-state index in [9.17, 15) is 0 Å². The van der Waals surface area contributed by atoms with Crippen LogP contribution in [-0.2, 0) is 22.7 Å². The van der Waals surface area contributed by atoms with Gasteiger partial charge in [0.05, 0.1) is 5.69 Å². The van der Waals surface area contributed by atoms with Gasteiger partial charge in [-0.2, -0.15) is 0 Å². The predicted octanol–water partition coefficient (Wildman–Crippen LogP) is 17.2. The molecule has 0 saturated carbocycles. The number of aryl methyl sites for hydroxylation is 1. The summed E-state index contributed by atoms with van der Waals surface area (Å²) in [6.45, 7) is 29.4. The second-order valence-corrected chi connectivity index (χ2v) is 25.7. The predicted molar refractivity (Wildman–Crippen MR) is 298 cm³/mol. The van der Waals surface area contributed by atoms with Gasteiger partial charge in [-0.3, -0.25) is 0 Å². The third-order valence-electron chi connectivity index (χ3n) is 17.2. The first-order valence-corrected chi connectivity index (χ1v) is 26.8. The van der Waals surface area contributed by atoms with Crippen molar-refractivity contribution in [2.45, 2.75) is 150 Å². The number of rotatable bonds is 5. The molecule has 0 spiro atoms. The van der Waals surface area contributed by atoms with Crippen LogP contribution in [0.2, 0.25) is 0 Å². The first-order chi connectivity index (χ1) is 32.3. The third-order valence-corrected chi connectivity index (χ3v) is 18.4. The molecular weight excluding hydrogens is 838 g/mol. The van der Waals surface area contributed by atoms with E-state index in [4.69, 9.17) is 0 Å². The fourth-order valence-corrected chi connectivity index (χ4v) is 14.4. The van der Waals surface area contributed by atoms with Gasteiger partial charge in [0.15, 0.2) is 0 Å². The van der Waals surface area contributed by atoms with Gasteiger partial charge in [0, 0.05) is 26.2 Å². The Morgan fingerprint density at radius 2 is 1.46 bits per heavy atom. The van der Waals surface area contributed by atoms with Crippen LogP contribution < -0.4 is 15.1 Å². The molecule has 1 nitrogen and oxygen atoms in total. The largest absolute Gasteiger partial charge is 0.310 e. The van der Waals surface area contributed by atoms with Crippen molar-refractivity contribution >= 4 is 61.0 Å². The number of hydrogen-bond acceptors (Lipinski definition) is 2. The highest BCUT2D eigenvalue weighted by atomic mass is 32.1. The average Bonchev–Trinajstić information content (AvgIpc) is 3.64. The van der Waals surface area contributed by atoms with Crippen LogP contribution in [0.15, 0.2) is 138 Å². The van der Waals surface area contributed by atoms with Crippen LogP contribution in [0.3, 0.4) is 0 Å². The molecule has 346 valence electrons. The van der Waals surface area contributed by atoms with Crippen molar-refractivity contribution < 1.29 is 0 Å². The van der Waals surface area contributed by atoms with Crippen LogP contribution in [0.1, 0.15) is 160 Å².